The molecule has 140 valence electrons. The van der Waals surface area contributed by atoms with Gasteiger partial charge in [-0.25, -0.2) is 8.42 Å². The van der Waals surface area contributed by atoms with Crippen LogP contribution in [-0.4, -0.2) is 53.7 Å². The zero-order valence-corrected chi connectivity index (χ0v) is 16.3. The second-order valence-corrected chi connectivity index (χ2v) is 10.2. The molecular weight excluding hydrogens is 380 g/mol. The van der Waals surface area contributed by atoms with Crippen LogP contribution in [0.3, 0.4) is 0 Å². The highest BCUT2D eigenvalue weighted by atomic mass is 32.2. The molecule has 0 N–H and O–H groups in total. The number of fused-ring (bicyclic) bond motifs is 1. The van der Waals surface area contributed by atoms with E-state index >= 15 is 0 Å². The Balaban J connectivity index is 1.57. The highest BCUT2D eigenvalue weighted by Gasteiger charge is 2.48. The third-order valence-corrected chi connectivity index (χ3v) is 8.12. The van der Waals surface area contributed by atoms with E-state index in [4.69, 9.17) is 0 Å². The predicted octanol–water partition coefficient (Wildman–Crippen LogP) is 2.64. The van der Waals surface area contributed by atoms with Crippen LogP contribution in [-0.2, 0) is 16.3 Å². The van der Waals surface area contributed by atoms with Crippen molar-refractivity contribution in [2.24, 2.45) is 4.99 Å². The fourth-order valence-electron chi connectivity index (χ4n) is 3.52. The van der Waals surface area contributed by atoms with E-state index in [1.807, 2.05) is 41.3 Å². The van der Waals surface area contributed by atoms with Gasteiger partial charge in [-0.05, 0) is 24.1 Å². The van der Waals surface area contributed by atoms with Crippen molar-refractivity contribution in [2.45, 2.75) is 17.7 Å². The Hall–Kier alpha value is -2.12. The lowest BCUT2D eigenvalue weighted by Crippen LogP contribution is -2.39. The van der Waals surface area contributed by atoms with Crippen molar-refractivity contribution in [1.82, 2.24) is 4.90 Å². The lowest BCUT2D eigenvalue weighted by molar-refractivity contribution is 0.100. The Kier molecular flexibility index (Phi) is 5.06. The molecule has 0 unspecified atom stereocenters. The first-order valence-electron chi connectivity index (χ1n) is 8.87. The number of amides is 1. The van der Waals surface area contributed by atoms with Crippen LogP contribution < -0.4 is 0 Å². The number of thioether (sulfide) groups is 1. The normalized spacial score (nSPS) is 24.9. The van der Waals surface area contributed by atoms with Crippen LogP contribution in [0.2, 0.25) is 0 Å². The molecular formula is C20H20N2O3S2. The van der Waals surface area contributed by atoms with E-state index in [-0.39, 0.29) is 28.7 Å². The Labute approximate surface area is 163 Å². The van der Waals surface area contributed by atoms with Gasteiger partial charge in [0.2, 0.25) is 0 Å². The van der Waals surface area contributed by atoms with E-state index in [0.717, 1.165) is 6.42 Å². The molecule has 2 heterocycles. The first-order chi connectivity index (χ1) is 13.0. The van der Waals surface area contributed by atoms with Gasteiger partial charge in [0, 0.05) is 17.4 Å². The molecule has 2 atom stereocenters. The lowest BCUT2D eigenvalue weighted by Gasteiger charge is -2.24. The highest BCUT2D eigenvalue weighted by Crippen LogP contribution is 2.38. The average molecular weight is 401 g/mol. The summed E-state index contributed by atoms with van der Waals surface area (Å²) in [4.78, 5) is 18.9. The molecule has 0 aromatic heterocycles. The summed E-state index contributed by atoms with van der Waals surface area (Å²) in [6.07, 6.45) is 0.781. The van der Waals surface area contributed by atoms with Crippen molar-refractivity contribution in [3.8, 4) is 0 Å². The van der Waals surface area contributed by atoms with Gasteiger partial charge >= 0.3 is 0 Å². The molecule has 2 aromatic carbocycles. The number of benzene rings is 2. The summed E-state index contributed by atoms with van der Waals surface area (Å²) < 4.78 is 24.1. The lowest BCUT2D eigenvalue weighted by atomic mass is 10.1. The van der Waals surface area contributed by atoms with Crippen LogP contribution in [0.4, 0.5) is 0 Å². The highest BCUT2D eigenvalue weighted by molar-refractivity contribution is 8.15. The van der Waals surface area contributed by atoms with Crippen molar-refractivity contribution in [3.63, 3.8) is 0 Å². The van der Waals surface area contributed by atoms with Crippen molar-refractivity contribution in [2.75, 3.05) is 18.1 Å². The quantitative estimate of drug-likeness (QED) is 0.789. The fourth-order valence-corrected chi connectivity index (χ4v) is 7.50. The summed E-state index contributed by atoms with van der Waals surface area (Å²) in [6.45, 7) is 0.647. The maximum absolute atomic E-state index is 12.5. The SMILES string of the molecule is O=C(N=C1S[C@@H]2CS(=O)(=O)C[C@H]2N1CCc1ccccc1)c1ccccc1. The second kappa shape index (κ2) is 7.48. The van der Waals surface area contributed by atoms with E-state index in [0.29, 0.717) is 17.3 Å². The van der Waals surface area contributed by atoms with Crippen LogP contribution in [0.25, 0.3) is 0 Å². The Morgan fingerprint density at radius 2 is 1.70 bits per heavy atom. The third kappa shape index (κ3) is 4.09. The van der Waals surface area contributed by atoms with Crippen LogP contribution in [0.15, 0.2) is 65.7 Å². The maximum atomic E-state index is 12.5. The van der Waals surface area contributed by atoms with Crippen LogP contribution in [0.1, 0.15) is 15.9 Å². The Morgan fingerprint density at radius 1 is 1.04 bits per heavy atom. The van der Waals surface area contributed by atoms with Gasteiger partial charge < -0.3 is 4.90 Å². The molecule has 0 spiro atoms. The molecule has 1 amide bonds. The van der Waals surface area contributed by atoms with E-state index < -0.39 is 9.84 Å². The second-order valence-electron chi connectivity index (χ2n) is 6.80. The van der Waals surface area contributed by atoms with E-state index in [1.165, 1.54) is 17.3 Å². The van der Waals surface area contributed by atoms with Crippen molar-refractivity contribution in [1.29, 1.82) is 0 Å². The molecule has 27 heavy (non-hydrogen) atoms. The topological polar surface area (TPSA) is 66.8 Å². The van der Waals surface area contributed by atoms with E-state index in [9.17, 15) is 13.2 Å². The van der Waals surface area contributed by atoms with Gasteiger partial charge in [0.05, 0.1) is 17.5 Å². The molecule has 0 aliphatic carbocycles. The van der Waals surface area contributed by atoms with Crippen LogP contribution in [0.5, 0.6) is 0 Å². The number of carbonyl (C=O) groups excluding carboxylic acids is 1. The van der Waals surface area contributed by atoms with Gasteiger partial charge in [0.25, 0.3) is 5.91 Å². The Bertz CT molecular complexity index is 959. The van der Waals surface area contributed by atoms with Gasteiger partial charge in [0.15, 0.2) is 15.0 Å². The molecule has 2 aliphatic rings. The smallest absolute Gasteiger partial charge is 0.279 e. The molecule has 2 aromatic rings. The van der Waals surface area contributed by atoms with Gasteiger partial charge in [-0.15, -0.1) is 0 Å². The molecule has 2 aliphatic heterocycles. The monoisotopic (exact) mass is 400 g/mol. The molecule has 2 saturated heterocycles. The minimum absolute atomic E-state index is 0.0481. The summed E-state index contributed by atoms with van der Waals surface area (Å²) in [5, 5.41) is 0.595. The number of hydrogen-bond donors (Lipinski definition) is 0. The number of hydrogen-bond acceptors (Lipinski definition) is 4. The summed E-state index contributed by atoms with van der Waals surface area (Å²) in [5.41, 5.74) is 1.72. The molecule has 0 bridgehead atoms. The van der Waals surface area contributed by atoms with E-state index in [2.05, 4.69) is 17.1 Å². The molecule has 0 radical (unpaired) electrons. The van der Waals surface area contributed by atoms with Gasteiger partial charge in [-0.1, -0.05) is 60.3 Å². The number of rotatable bonds is 4. The first kappa shape index (κ1) is 18.3. The zero-order chi connectivity index (χ0) is 18.9. The summed E-state index contributed by atoms with van der Waals surface area (Å²) in [6, 6.07) is 18.9. The first-order valence-corrected chi connectivity index (χ1v) is 11.6. The minimum atomic E-state index is -3.03. The summed E-state index contributed by atoms with van der Waals surface area (Å²) >= 11 is 1.43. The summed E-state index contributed by atoms with van der Waals surface area (Å²) in [7, 11) is -3.03. The number of nitrogens with zero attached hydrogens (tertiary/aromatic N) is 2. The third-order valence-electron chi connectivity index (χ3n) is 4.88. The van der Waals surface area contributed by atoms with Crippen molar-refractivity contribution < 1.29 is 13.2 Å². The Morgan fingerprint density at radius 3 is 2.41 bits per heavy atom. The molecule has 0 saturated carbocycles. The van der Waals surface area contributed by atoms with Gasteiger partial charge in [-0.2, -0.15) is 4.99 Å². The standard InChI is InChI=1S/C20H20N2O3S2/c23-19(16-9-5-2-6-10-16)21-20-22(12-11-15-7-3-1-4-8-15)17-13-27(24,25)14-18(17)26-20/h1-10,17-18H,11-14H2/t17-,18-/m1/s1. The zero-order valence-electron chi connectivity index (χ0n) is 14.7. The van der Waals surface area contributed by atoms with Crippen LogP contribution >= 0.6 is 11.8 Å². The van der Waals surface area contributed by atoms with E-state index in [1.54, 1.807) is 12.1 Å². The fraction of sp³-hybridized carbons (Fsp3) is 0.300. The number of sulfone groups is 1. The summed E-state index contributed by atoms with van der Waals surface area (Å²) in [5.74, 6) is 0.00594. The largest absolute Gasteiger partial charge is 0.346 e. The molecule has 7 heteroatoms. The molecule has 2 fully saturated rings. The molecule has 5 nitrogen and oxygen atoms in total. The maximum Gasteiger partial charge on any atom is 0.279 e. The minimum Gasteiger partial charge on any atom is -0.346 e. The predicted molar refractivity (Wildman–Crippen MR) is 109 cm³/mol. The van der Waals surface area contributed by atoms with Gasteiger partial charge in [0.1, 0.15) is 0 Å². The van der Waals surface area contributed by atoms with Crippen molar-refractivity contribution >= 4 is 32.7 Å². The number of aliphatic imine (C=N–C) groups is 1. The molecule has 4 rings (SSSR count). The van der Waals surface area contributed by atoms with Crippen molar-refractivity contribution in [3.05, 3.63) is 71.8 Å². The van der Waals surface area contributed by atoms with Crippen LogP contribution in [0, 0.1) is 0 Å². The number of carbonyl (C=O) groups is 1. The average Bonchev–Trinajstić information content (AvgIpc) is 3.12. The van der Waals surface area contributed by atoms with Gasteiger partial charge in [-0.3, -0.25) is 4.79 Å². The number of amidine groups is 1.